The fourth-order valence-electron chi connectivity index (χ4n) is 3.66. The molecule has 0 aliphatic carbocycles. The number of fused-ring (bicyclic) bond motifs is 3. The minimum atomic E-state index is -0.599. The lowest BCUT2D eigenvalue weighted by Crippen LogP contribution is -2.41. The third-order valence-corrected chi connectivity index (χ3v) is 6.21. The van der Waals surface area contributed by atoms with E-state index in [4.69, 9.17) is 13.7 Å². The molecule has 8 heteroatoms. The Kier molecular flexibility index (Phi) is 4.53. The molecular weight excluding hydrogens is 396 g/mol. The highest BCUT2D eigenvalue weighted by atomic mass is 19.1. The van der Waals surface area contributed by atoms with E-state index in [0.29, 0.717) is 22.4 Å². The topological polar surface area (TPSA) is 69.4 Å². The maximum absolute atomic E-state index is 14.9. The quantitative estimate of drug-likeness (QED) is 0.494. The number of benzene rings is 2. The van der Waals surface area contributed by atoms with Crippen molar-refractivity contribution in [2.45, 2.75) is 45.4 Å². The second kappa shape index (κ2) is 7.04. The zero-order chi connectivity index (χ0) is 21.8. The molecule has 0 unspecified atom stereocenters. The normalized spacial score (nSPS) is 17.5. The largest absolute Gasteiger partial charge is 0.494 e. The van der Waals surface area contributed by atoms with Gasteiger partial charge in [-0.2, -0.15) is 0 Å². The second-order valence-corrected chi connectivity index (χ2v) is 8.79. The average Bonchev–Trinajstić information content (AvgIpc) is 3.21. The van der Waals surface area contributed by atoms with Gasteiger partial charge in [0.15, 0.2) is 11.4 Å². The highest BCUT2D eigenvalue weighted by Gasteiger charge is 2.51. The van der Waals surface area contributed by atoms with E-state index >= 15 is 0 Å². The minimum absolute atomic E-state index is 0.249. The molecule has 1 N–H and O–H groups in total. The van der Waals surface area contributed by atoms with E-state index in [9.17, 15) is 4.39 Å². The molecule has 0 radical (unpaired) electrons. The summed E-state index contributed by atoms with van der Waals surface area (Å²) >= 11 is 0. The molecule has 0 atom stereocenters. The first-order valence-electron chi connectivity index (χ1n) is 10.3. The van der Waals surface area contributed by atoms with Crippen molar-refractivity contribution in [2.75, 3.05) is 5.32 Å². The molecule has 0 spiro atoms. The lowest BCUT2D eigenvalue weighted by molar-refractivity contribution is 0.00578. The maximum atomic E-state index is 14.9. The Hall–Kier alpha value is -2.97. The number of hydrogen-bond acceptors (Lipinski definition) is 6. The lowest BCUT2D eigenvalue weighted by atomic mass is 9.78. The predicted molar refractivity (Wildman–Crippen MR) is 119 cm³/mol. The minimum Gasteiger partial charge on any atom is -0.450 e. The van der Waals surface area contributed by atoms with Crippen LogP contribution in [0.1, 0.15) is 33.3 Å². The first kappa shape index (κ1) is 20.0. The summed E-state index contributed by atoms with van der Waals surface area (Å²) in [6, 6.07) is 12.7. The number of hydrogen-bond donors (Lipinski definition) is 1. The van der Waals surface area contributed by atoms with Gasteiger partial charge in [-0.15, -0.1) is 0 Å². The zero-order valence-corrected chi connectivity index (χ0v) is 17.9. The van der Waals surface area contributed by atoms with Crippen molar-refractivity contribution in [3.8, 4) is 0 Å². The molecule has 0 amide bonds. The summed E-state index contributed by atoms with van der Waals surface area (Å²) in [6.07, 6.45) is 1.48. The lowest BCUT2D eigenvalue weighted by Gasteiger charge is -2.32. The molecule has 1 aliphatic rings. The maximum Gasteiger partial charge on any atom is 0.494 e. The van der Waals surface area contributed by atoms with E-state index < -0.39 is 18.3 Å². The molecule has 0 saturated carbocycles. The van der Waals surface area contributed by atoms with Crippen LogP contribution in [0.4, 0.5) is 10.2 Å². The molecule has 1 fully saturated rings. The second-order valence-electron chi connectivity index (χ2n) is 8.79. The van der Waals surface area contributed by atoms with Crippen molar-refractivity contribution in [1.29, 1.82) is 0 Å². The Labute approximate surface area is 179 Å². The molecule has 0 bridgehead atoms. The SMILES string of the molecule is CC1(C)OB(c2ccc(CNc3ncnc4c3oc3ccccc34)c(F)c2)OC1(C)C. The van der Waals surface area contributed by atoms with E-state index in [-0.39, 0.29) is 12.4 Å². The van der Waals surface area contributed by atoms with Gasteiger partial charge in [0, 0.05) is 17.5 Å². The highest BCUT2D eigenvalue weighted by molar-refractivity contribution is 6.62. The number of para-hydroxylation sites is 1. The fraction of sp³-hybridized carbons (Fsp3) is 0.304. The molecule has 2 aromatic heterocycles. The third kappa shape index (κ3) is 3.36. The van der Waals surface area contributed by atoms with Gasteiger partial charge in [-0.25, -0.2) is 14.4 Å². The van der Waals surface area contributed by atoms with Gasteiger partial charge in [0.1, 0.15) is 23.2 Å². The summed E-state index contributed by atoms with van der Waals surface area (Å²) < 4.78 is 32.8. The van der Waals surface area contributed by atoms with Gasteiger partial charge < -0.3 is 19.0 Å². The number of rotatable bonds is 4. The Morgan fingerprint density at radius 3 is 2.48 bits per heavy atom. The molecule has 2 aromatic carbocycles. The summed E-state index contributed by atoms with van der Waals surface area (Å²) in [4.78, 5) is 8.62. The number of anilines is 1. The molecule has 1 saturated heterocycles. The van der Waals surface area contributed by atoms with Crippen LogP contribution in [0.2, 0.25) is 0 Å². The van der Waals surface area contributed by atoms with Crippen LogP contribution in [0.25, 0.3) is 22.1 Å². The van der Waals surface area contributed by atoms with Crippen molar-refractivity contribution < 1.29 is 18.1 Å². The number of nitrogens with one attached hydrogen (secondary N) is 1. The van der Waals surface area contributed by atoms with Crippen LogP contribution in [0.3, 0.4) is 0 Å². The van der Waals surface area contributed by atoms with Gasteiger partial charge in [0.2, 0.25) is 0 Å². The van der Waals surface area contributed by atoms with Crippen molar-refractivity contribution in [1.82, 2.24) is 9.97 Å². The van der Waals surface area contributed by atoms with E-state index in [1.807, 2.05) is 58.0 Å². The van der Waals surface area contributed by atoms with Crippen molar-refractivity contribution in [3.63, 3.8) is 0 Å². The van der Waals surface area contributed by atoms with Crippen LogP contribution < -0.4 is 10.8 Å². The van der Waals surface area contributed by atoms with E-state index in [1.165, 1.54) is 12.4 Å². The summed E-state index contributed by atoms with van der Waals surface area (Å²) in [6.45, 7) is 8.15. The van der Waals surface area contributed by atoms with Gasteiger partial charge in [0.05, 0.1) is 11.2 Å². The molecule has 1 aliphatic heterocycles. The van der Waals surface area contributed by atoms with Crippen molar-refractivity contribution in [2.24, 2.45) is 0 Å². The Balaban J connectivity index is 1.37. The van der Waals surface area contributed by atoms with Gasteiger partial charge in [-0.1, -0.05) is 24.3 Å². The summed E-state index contributed by atoms with van der Waals surface area (Å²) in [7, 11) is -0.599. The summed E-state index contributed by atoms with van der Waals surface area (Å²) in [5.74, 6) is 0.185. The van der Waals surface area contributed by atoms with Crippen LogP contribution in [0.5, 0.6) is 0 Å². The smallest absolute Gasteiger partial charge is 0.450 e. The van der Waals surface area contributed by atoms with Crippen LogP contribution in [-0.2, 0) is 15.9 Å². The molecule has 3 heterocycles. The monoisotopic (exact) mass is 419 g/mol. The van der Waals surface area contributed by atoms with Crippen molar-refractivity contribution >= 4 is 40.5 Å². The van der Waals surface area contributed by atoms with Crippen LogP contribution >= 0.6 is 0 Å². The van der Waals surface area contributed by atoms with Crippen LogP contribution in [0, 0.1) is 5.82 Å². The molecule has 158 valence electrons. The van der Waals surface area contributed by atoms with Gasteiger partial charge >= 0.3 is 7.12 Å². The molecule has 5 rings (SSSR count). The van der Waals surface area contributed by atoms with E-state index in [1.54, 1.807) is 6.07 Å². The Morgan fingerprint density at radius 1 is 1.00 bits per heavy atom. The number of aromatic nitrogens is 2. The molecular formula is C23H23BFN3O3. The van der Waals surface area contributed by atoms with Gasteiger partial charge in [-0.3, -0.25) is 0 Å². The van der Waals surface area contributed by atoms with Gasteiger partial charge in [-0.05, 0) is 51.4 Å². The van der Waals surface area contributed by atoms with Crippen LogP contribution in [0.15, 0.2) is 53.2 Å². The summed E-state index contributed by atoms with van der Waals surface area (Å²) in [5, 5.41) is 4.09. The van der Waals surface area contributed by atoms with Gasteiger partial charge in [0.25, 0.3) is 0 Å². The number of nitrogens with zero attached hydrogens (tertiary/aromatic N) is 2. The van der Waals surface area contributed by atoms with Crippen molar-refractivity contribution in [3.05, 3.63) is 60.2 Å². The highest BCUT2D eigenvalue weighted by Crippen LogP contribution is 2.36. The predicted octanol–water partition coefficient (Wildman–Crippen LogP) is 4.43. The fourth-order valence-corrected chi connectivity index (χ4v) is 3.66. The average molecular weight is 419 g/mol. The molecule has 4 aromatic rings. The molecule has 31 heavy (non-hydrogen) atoms. The van der Waals surface area contributed by atoms with Crippen LogP contribution in [-0.4, -0.2) is 28.3 Å². The number of furan rings is 1. The molecule has 6 nitrogen and oxygen atoms in total. The first-order chi connectivity index (χ1) is 14.7. The summed E-state index contributed by atoms with van der Waals surface area (Å²) in [5.41, 5.74) is 2.23. The first-order valence-corrected chi connectivity index (χ1v) is 10.3. The standard InChI is InChI=1S/C23H23BFN3O3/c1-22(2)23(3,4)31-24(30-22)15-10-9-14(17(25)11-15)12-26-21-20-19(27-13-28-21)16-7-5-6-8-18(16)29-20/h5-11,13H,12H2,1-4H3,(H,26,27,28). The van der Waals surface area contributed by atoms with E-state index in [0.717, 1.165) is 16.5 Å². The third-order valence-electron chi connectivity index (χ3n) is 6.21. The Morgan fingerprint density at radius 2 is 1.74 bits per heavy atom. The van der Waals surface area contributed by atoms with E-state index in [2.05, 4.69) is 15.3 Å². The Bertz CT molecular complexity index is 1270. The zero-order valence-electron chi connectivity index (χ0n) is 17.9. The number of halogens is 1.